The van der Waals surface area contributed by atoms with Crippen molar-refractivity contribution in [2.75, 3.05) is 32.1 Å². The van der Waals surface area contributed by atoms with Crippen LogP contribution < -0.4 is 10.2 Å². The molecule has 5 rings (SSSR count). The maximum atomic E-state index is 13.3. The minimum Gasteiger partial charge on any atom is -0.368 e. The number of nitrogens with zero attached hydrogens (tertiary/aromatic N) is 2. The van der Waals surface area contributed by atoms with Crippen LogP contribution >= 0.6 is 0 Å². The molecule has 1 saturated carbocycles. The first-order valence-corrected chi connectivity index (χ1v) is 10.8. The summed E-state index contributed by atoms with van der Waals surface area (Å²) in [6.45, 7) is 4.04. The quantitative estimate of drug-likeness (QED) is 0.694. The number of carbonyl (C=O) groups is 1. The van der Waals surface area contributed by atoms with Crippen LogP contribution in [0, 0.1) is 6.92 Å². The number of fused-ring (bicyclic) bond motifs is 1. The molecule has 4 heteroatoms. The number of likely N-dealkylation sites (N-methyl/N-ethyl adjacent to an activating group) is 1. The van der Waals surface area contributed by atoms with Gasteiger partial charge in [-0.05, 0) is 74.0 Å². The molecule has 1 saturated heterocycles. The number of hydrogen-bond acceptors (Lipinski definition) is 3. The summed E-state index contributed by atoms with van der Waals surface area (Å²) < 4.78 is 0. The van der Waals surface area contributed by atoms with Crippen LogP contribution in [0.25, 0.3) is 10.8 Å². The highest BCUT2D eigenvalue weighted by Crippen LogP contribution is 2.46. The van der Waals surface area contributed by atoms with Crippen molar-refractivity contribution in [2.45, 2.75) is 31.3 Å². The summed E-state index contributed by atoms with van der Waals surface area (Å²) in [5.74, 6) is 0.0321. The molecule has 0 radical (unpaired) electrons. The van der Waals surface area contributed by atoms with Crippen molar-refractivity contribution in [2.24, 2.45) is 0 Å². The third-order valence-electron chi connectivity index (χ3n) is 6.83. The average Bonchev–Trinajstić information content (AvgIpc) is 3.48. The van der Waals surface area contributed by atoms with Crippen molar-refractivity contribution in [1.29, 1.82) is 0 Å². The highest BCUT2D eigenvalue weighted by atomic mass is 16.1. The second-order valence-electron chi connectivity index (χ2n) is 9.12. The van der Waals surface area contributed by atoms with Gasteiger partial charge in [-0.1, -0.05) is 42.5 Å². The summed E-state index contributed by atoms with van der Waals surface area (Å²) >= 11 is 0. The molecular formula is C26H29N3O. The second kappa shape index (κ2) is 7.13. The predicted octanol–water partition coefficient (Wildman–Crippen LogP) is 4.32. The van der Waals surface area contributed by atoms with E-state index in [1.54, 1.807) is 0 Å². The Bertz CT molecular complexity index is 1110. The molecule has 1 aliphatic carbocycles. The van der Waals surface area contributed by atoms with E-state index in [2.05, 4.69) is 89.9 Å². The minimum absolute atomic E-state index is 0.0321. The van der Waals surface area contributed by atoms with E-state index in [9.17, 15) is 4.79 Å². The van der Waals surface area contributed by atoms with Crippen molar-refractivity contribution in [1.82, 2.24) is 10.2 Å². The Hall–Kier alpha value is -2.85. The first kappa shape index (κ1) is 19.1. The SMILES string of the molecule is Cc1ccc(N2CC(N(C)C)C2)cc1C(=O)NC1(c2ccc3ccccc3c2)CC1. The number of carbonyl (C=O) groups excluding carboxylic acids is 1. The van der Waals surface area contributed by atoms with E-state index in [0.717, 1.165) is 42.7 Å². The van der Waals surface area contributed by atoms with E-state index in [1.807, 2.05) is 6.92 Å². The number of anilines is 1. The molecule has 1 aliphatic heterocycles. The van der Waals surface area contributed by atoms with Gasteiger partial charge in [0.1, 0.15) is 0 Å². The van der Waals surface area contributed by atoms with E-state index < -0.39 is 0 Å². The lowest BCUT2D eigenvalue weighted by atomic mass is 9.98. The summed E-state index contributed by atoms with van der Waals surface area (Å²) in [5.41, 5.74) is 3.93. The molecular weight excluding hydrogens is 370 g/mol. The molecule has 1 amide bonds. The van der Waals surface area contributed by atoms with Gasteiger partial charge in [-0.3, -0.25) is 4.79 Å². The molecule has 0 bridgehead atoms. The zero-order chi connectivity index (χ0) is 20.9. The Morgan fingerprint density at radius 1 is 1.00 bits per heavy atom. The topological polar surface area (TPSA) is 35.6 Å². The molecule has 30 heavy (non-hydrogen) atoms. The first-order chi connectivity index (χ1) is 14.4. The van der Waals surface area contributed by atoms with Crippen molar-refractivity contribution in [3.05, 3.63) is 77.4 Å². The van der Waals surface area contributed by atoms with Gasteiger partial charge in [0.05, 0.1) is 5.54 Å². The van der Waals surface area contributed by atoms with Crippen LogP contribution in [0.4, 0.5) is 5.69 Å². The molecule has 3 aromatic rings. The Morgan fingerprint density at radius 2 is 1.73 bits per heavy atom. The Labute approximate surface area is 178 Å². The Morgan fingerprint density at radius 3 is 2.43 bits per heavy atom. The van der Waals surface area contributed by atoms with E-state index in [0.29, 0.717) is 6.04 Å². The zero-order valence-electron chi connectivity index (χ0n) is 18.0. The molecule has 4 nitrogen and oxygen atoms in total. The molecule has 0 unspecified atom stereocenters. The van der Waals surface area contributed by atoms with Gasteiger partial charge in [-0.25, -0.2) is 0 Å². The molecule has 154 valence electrons. The van der Waals surface area contributed by atoms with E-state index in [-0.39, 0.29) is 11.4 Å². The summed E-state index contributed by atoms with van der Waals surface area (Å²) in [6.07, 6.45) is 1.99. The van der Waals surface area contributed by atoms with Gasteiger partial charge < -0.3 is 15.1 Å². The summed E-state index contributed by atoms with van der Waals surface area (Å²) in [4.78, 5) is 17.9. The van der Waals surface area contributed by atoms with E-state index in [4.69, 9.17) is 0 Å². The summed E-state index contributed by atoms with van der Waals surface area (Å²) in [6, 6.07) is 21.8. The number of rotatable bonds is 5. The van der Waals surface area contributed by atoms with Crippen LogP contribution in [0.15, 0.2) is 60.7 Å². The van der Waals surface area contributed by atoms with Crippen molar-refractivity contribution >= 4 is 22.4 Å². The molecule has 0 aromatic heterocycles. The van der Waals surface area contributed by atoms with E-state index in [1.165, 1.54) is 16.3 Å². The standard InChI is InChI=1S/C26H29N3O/c1-18-8-11-22(29-16-23(17-29)28(2)3)15-24(18)25(30)27-26(12-13-26)21-10-9-19-6-4-5-7-20(19)14-21/h4-11,14-15,23H,12-13,16-17H2,1-3H3,(H,27,30). The molecule has 0 spiro atoms. The molecule has 1 heterocycles. The number of nitrogens with one attached hydrogen (secondary N) is 1. The van der Waals surface area contributed by atoms with Crippen LogP contribution in [0.1, 0.15) is 34.3 Å². The fraction of sp³-hybridized carbons (Fsp3) is 0.346. The fourth-order valence-electron chi connectivity index (χ4n) is 4.43. The lowest BCUT2D eigenvalue weighted by Crippen LogP contribution is -2.57. The van der Waals surface area contributed by atoms with Crippen LogP contribution in [-0.2, 0) is 5.54 Å². The molecule has 0 atom stereocenters. The van der Waals surface area contributed by atoms with Crippen LogP contribution in [0.5, 0.6) is 0 Å². The van der Waals surface area contributed by atoms with Crippen molar-refractivity contribution in [3.8, 4) is 0 Å². The van der Waals surface area contributed by atoms with Gasteiger partial charge in [0.25, 0.3) is 5.91 Å². The summed E-state index contributed by atoms with van der Waals surface area (Å²) in [7, 11) is 4.25. The first-order valence-electron chi connectivity index (χ1n) is 10.8. The molecule has 1 N–H and O–H groups in total. The second-order valence-corrected chi connectivity index (χ2v) is 9.12. The van der Waals surface area contributed by atoms with Gasteiger partial charge in [0.15, 0.2) is 0 Å². The van der Waals surface area contributed by atoms with Gasteiger partial charge in [0, 0.05) is 30.4 Å². The Balaban J connectivity index is 1.36. The molecule has 2 aliphatic rings. The normalized spacial score (nSPS) is 17.8. The van der Waals surface area contributed by atoms with Crippen LogP contribution in [0.2, 0.25) is 0 Å². The lowest BCUT2D eigenvalue weighted by molar-refractivity contribution is 0.0930. The minimum atomic E-state index is -0.226. The molecule has 2 fully saturated rings. The smallest absolute Gasteiger partial charge is 0.252 e. The van der Waals surface area contributed by atoms with E-state index >= 15 is 0 Å². The van der Waals surface area contributed by atoms with Crippen LogP contribution in [0.3, 0.4) is 0 Å². The fourth-order valence-corrected chi connectivity index (χ4v) is 4.43. The van der Waals surface area contributed by atoms with Crippen molar-refractivity contribution in [3.63, 3.8) is 0 Å². The highest BCUT2D eigenvalue weighted by Gasteiger charge is 2.46. The number of benzene rings is 3. The predicted molar refractivity (Wildman–Crippen MR) is 123 cm³/mol. The third-order valence-corrected chi connectivity index (χ3v) is 6.83. The van der Waals surface area contributed by atoms with Crippen molar-refractivity contribution < 1.29 is 4.79 Å². The number of hydrogen-bond donors (Lipinski definition) is 1. The largest absolute Gasteiger partial charge is 0.368 e. The Kier molecular flexibility index (Phi) is 4.55. The summed E-state index contributed by atoms with van der Waals surface area (Å²) in [5, 5.41) is 5.83. The average molecular weight is 400 g/mol. The van der Waals surface area contributed by atoms with Gasteiger partial charge >= 0.3 is 0 Å². The van der Waals surface area contributed by atoms with Crippen LogP contribution in [-0.4, -0.2) is 44.0 Å². The lowest BCUT2D eigenvalue weighted by Gasteiger charge is -2.44. The monoisotopic (exact) mass is 399 g/mol. The third kappa shape index (κ3) is 3.35. The maximum Gasteiger partial charge on any atom is 0.252 e. The van der Waals surface area contributed by atoms with Gasteiger partial charge in [0.2, 0.25) is 0 Å². The van der Waals surface area contributed by atoms with Gasteiger partial charge in [-0.2, -0.15) is 0 Å². The zero-order valence-corrected chi connectivity index (χ0v) is 18.0. The maximum absolute atomic E-state index is 13.3. The highest BCUT2D eigenvalue weighted by molar-refractivity contribution is 5.97. The number of aryl methyl sites for hydroxylation is 1. The van der Waals surface area contributed by atoms with Gasteiger partial charge in [-0.15, -0.1) is 0 Å². The molecule has 3 aromatic carbocycles. The number of amides is 1.